The van der Waals surface area contributed by atoms with Gasteiger partial charge in [-0.25, -0.2) is 0 Å². The summed E-state index contributed by atoms with van der Waals surface area (Å²) >= 11 is 0. The van der Waals surface area contributed by atoms with Crippen LogP contribution in [0.4, 0.5) is 13.2 Å². The van der Waals surface area contributed by atoms with Crippen molar-refractivity contribution in [2.45, 2.75) is 6.18 Å². The Hall–Kier alpha value is -1.97. The van der Waals surface area contributed by atoms with Crippen LogP contribution in [0.1, 0.15) is 5.56 Å². The maximum absolute atomic E-state index is 12.9. The third-order valence-corrected chi connectivity index (χ3v) is 2.53. The highest BCUT2D eigenvalue weighted by molar-refractivity contribution is 7.85. The summed E-state index contributed by atoms with van der Waals surface area (Å²) in [6.07, 6.45) is -4.33. The van der Waals surface area contributed by atoms with Gasteiger partial charge in [-0.15, -0.1) is 0 Å². The van der Waals surface area contributed by atoms with E-state index in [-0.39, 0.29) is 11.5 Å². The molecule has 10 heteroatoms. The van der Waals surface area contributed by atoms with Crippen molar-refractivity contribution in [3.63, 3.8) is 0 Å². The first-order chi connectivity index (χ1) is 9.58. The molecule has 6 nitrogen and oxygen atoms in total. The smallest absolute Gasteiger partial charge is 0.437 e. The molecule has 0 amide bonds. The third-order valence-electron chi connectivity index (χ3n) is 2.19. The van der Waals surface area contributed by atoms with Gasteiger partial charge in [-0.3, -0.25) is 4.28 Å². The lowest BCUT2D eigenvalue weighted by Crippen LogP contribution is -2.25. The van der Waals surface area contributed by atoms with Crippen molar-refractivity contribution >= 4 is 15.8 Å². The number of oxime groups is 1. The van der Waals surface area contributed by atoms with E-state index in [1.807, 2.05) is 0 Å². The van der Waals surface area contributed by atoms with Crippen LogP contribution in [0.25, 0.3) is 0 Å². The molecule has 0 bridgehead atoms. The van der Waals surface area contributed by atoms with E-state index in [1.165, 1.54) is 20.3 Å². The molecule has 0 spiro atoms. The third kappa shape index (κ3) is 4.81. The van der Waals surface area contributed by atoms with Crippen LogP contribution in [-0.2, 0) is 14.4 Å². The molecule has 0 aliphatic carbocycles. The van der Waals surface area contributed by atoms with E-state index >= 15 is 0 Å². The molecule has 0 saturated carbocycles. The summed E-state index contributed by atoms with van der Waals surface area (Å²) < 4.78 is 74.0. The number of methoxy groups -OCH3 is 2. The minimum atomic E-state index is -4.91. The van der Waals surface area contributed by atoms with Gasteiger partial charge in [-0.2, -0.15) is 21.6 Å². The Balaban J connectivity index is 3.34. The maximum atomic E-state index is 12.9. The molecule has 0 atom stereocenters. The summed E-state index contributed by atoms with van der Waals surface area (Å²) in [5.41, 5.74) is -1.93. The zero-order valence-corrected chi connectivity index (χ0v) is 12.1. The molecular formula is C11H12F3NO5S. The van der Waals surface area contributed by atoms with Crippen molar-refractivity contribution in [1.29, 1.82) is 0 Å². The lowest BCUT2D eigenvalue weighted by atomic mass is 10.1. The second kappa shape index (κ2) is 6.20. The van der Waals surface area contributed by atoms with Gasteiger partial charge in [0.05, 0.1) is 20.5 Å². The van der Waals surface area contributed by atoms with Gasteiger partial charge in [-0.05, 0) is 18.2 Å². The standard InChI is InChI=1S/C11H12F3NO5S/c1-18-8-5-4-7(6-9(8)19-2)10(11(12,13)14)15-20-21(3,16)17/h4-6H,1-3H3. The second-order valence-corrected chi connectivity index (χ2v) is 5.34. The Labute approximate surface area is 119 Å². The molecular weight excluding hydrogens is 315 g/mol. The van der Waals surface area contributed by atoms with Crippen molar-refractivity contribution in [1.82, 2.24) is 0 Å². The molecule has 1 aromatic carbocycles. The summed E-state index contributed by atoms with van der Waals surface area (Å²) in [6, 6.07) is 3.30. The highest BCUT2D eigenvalue weighted by Crippen LogP contribution is 2.31. The van der Waals surface area contributed by atoms with Crippen molar-refractivity contribution in [2.75, 3.05) is 20.5 Å². The van der Waals surface area contributed by atoms with E-state index < -0.39 is 27.6 Å². The number of hydrogen-bond donors (Lipinski definition) is 0. The molecule has 0 radical (unpaired) electrons. The first-order valence-electron chi connectivity index (χ1n) is 5.34. The monoisotopic (exact) mass is 327 g/mol. The Bertz CT molecular complexity index is 640. The van der Waals surface area contributed by atoms with Gasteiger partial charge in [0.15, 0.2) is 17.2 Å². The van der Waals surface area contributed by atoms with Crippen LogP contribution in [0.2, 0.25) is 0 Å². The number of hydrogen-bond acceptors (Lipinski definition) is 6. The molecule has 0 N–H and O–H groups in total. The van der Waals surface area contributed by atoms with E-state index in [4.69, 9.17) is 9.47 Å². The molecule has 0 aliphatic heterocycles. The highest BCUT2D eigenvalue weighted by Gasteiger charge is 2.38. The second-order valence-electron chi connectivity index (χ2n) is 3.79. The van der Waals surface area contributed by atoms with E-state index in [0.717, 1.165) is 12.1 Å². The van der Waals surface area contributed by atoms with Crippen LogP contribution in [0.3, 0.4) is 0 Å². The van der Waals surface area contributed by atoms with Crippen LogP contribution in [0, 0.1) is 0 Å². The van der Waals surface area contributed by atoms with Crippen LogP contribution in [-0.4, -0.2) is 40.8 Å². The highest BCUT2D eigenvalue weighted by atomic mass is 32.2. The average molecular weight is 327 g/mol. The van der Waals surface area contributed by atoms with Crippen molar-refractivity contribution in [3.8, 4) is 11.5 Å². The fraction of sp³-hybridized carbons (Fsp3) is 0.364. The van der Waals surface area contributed by atoms with E-state index in [9.17, 15) is 21.6 Å². The van der Waals surface area contributed by atoms with Gasteiger partial charge in [0.1, 0.15) is 0 Å². The van der Waals surface area contributed by atoms with Gasteiger partial charge in [0, 0.05) is 5.56 Å². The molecule has 0 unspecified atom stereocenters. The zero-order chi connectivity index (χ0) is 16.3. The van der Waals surface area contributed by atoms with Crippen LogP contribution < -0.4 is 9.47 Å². The first-order valence-corrected chi connectivity index (χ1v) is 7.16. The van der Waals surface area contributed by atoms with Gasteiger partial charge in [0.25, 0.3) is 0 Å². The number of benzene rings is 1. The summed E-state index contributed by atoms with van der Waals surface area (Å²) in [5.74, 6) is 0.248. The van der Waals surface area contributed by atoms with Crippen LogP contribution in [0.15, 0.2) is 23.4 Å². The molecule has 21 heavy (non-hydrogen) atoms. The molecule has 0 heterocycles. The minimum Gasteiger partial charge on any atom is -0.493 e. The molecule has 0 aromatic heterocycles. The summed E-state index contributed by atoms with van der Waals surface area (Å²) in [5, 5.41) is 2.67. The zero-order valence-electron chi connectivity index (χ0n) is 11.3. The Kier molecular flexibility index (Phi) is 5.05. The van der Waals surface area contributed by atoms with Gasteiger partial charge >= 0.3 is 16.3 Å². The first kappa shape index (κ1) is 17.1. The largest absolute Gasteiger partial charge is 0.493 e. The molecule has 0 fully saturated rings. The average Bonchev–Trinajstić information content (AvgIpc) is 2.35. The van der Waals surface area contributed by atoms with Gasteiger partial charge in [0.2, 0.25) is 0 Å². The van der Waals surface area contributed by atoms with Crippen LogP contribution >= 0.6 is 0 Å². The van der Waals surface area contributed by atoms with E-state index in [0.29, 0.717) is 6.26 Å². The van der Waals surface area contributed by atoms with Crippen molar-refractivity contribution in [2.24, 2.45) is 5.16 Å². The van der Waals surface area contributed by atoms with Crippen molar-refractivity contribution < 1.29 is 35.3 Å². The Morgan fingerprint density at radius 2 is 1.71 bits per heavy atom. The normalized spacial score (nSPS) is 13.0. The Morgan fingerprint density at radius 1 is 1.14 bits per heavy atom. The number of ether oxygens (including phenoxy) is 2. The quantitative estimate of drug-likeness (QED) is 0.610. The van der Waals surface area contributed by atoms with Crippen LogP contribution in [0.5, 0.6) is 11.5 Å². The van der Waals surface area contributed by atoms with Gasteiger partial charge < -0.3 is 9.47 Å². The summed E-state index contributed by atoms with van der Waals surface area (Å²) in [7, 11) is -1.59. The topological polar surface area (TPSA) is 74.2 Å². The fourth-order valence-corrected chi connectivity index (χ4v) is 1.57. The number of halogens is 3. The van der Waals surface area contributed by atoms with E-state index in [1.54, 1.807) is 0 Å². The predicted octanol–water partition coefficient (Wildman–Crippen LogP) is 1.95. The summed E-state index contributed by atoms with van der Waals surface area (Å²) in [6.45, 7) is 0. The predicted molar refractivity (Wildman–Crippen MR) is 68.1 cm³/mol. The molecule has 1 rings (SSSR count). The number of rotatable bonds is 5. The molecule has 0 saturated heterocycles. The summed E-state index contributed by atoms with van der Waals surface area (Å²) in [4.78, 5) is 0. The lowest BCUT2D eigenvalue weighted by Gasteiger charge is -2.12. The van der Waals surface area contributed by atoms with Gasteiger partial charge in [-0.1, -0.05) is 5.16 Å². The minimum absolute atomic E-state index is 0.0336. The maximum Gasteiger partial charge on any atom is 0.437 e. The molecule has 0 aliphatic rings. The molecule has 1 aromatic rings. The van der Waals surface area contributed by atoms with E-state index in [2.05, 4.69) is 9.44 Å². The number of alkyl halides is 3. The number of nitrogens with zero attached hydrogens (tertiary/aromatic N) is 1. The Morgan fingerprint density at radius 3 is 2.14 bits per heavy atom. The SMILES string of the molecule is COc1ccc(C(=NOS(C)(=O)=O)C(F)(F)F)cc1OC. The molecule has 118 valence electrons. The lowest BCUT2D eigenvalue weighted by molar-refractivity contribution is -0.0596. The fourth-order valence-electron chi connectivity index (χ4n) is 1.36. The van der Waals surface area contributed by atoms with Crippen molar-refractivity contribution in [3.05, 3.63) is 23.8 Å².